The van der Waals surface area contributed by atoms with Gasteiger partial charge in [-0.1, -0.05) is 47.1 Å². The number of nitrogens with zero attached hydrogens (tertiary/aromatic N) is 3. The molecule has 0 fully saturated rings. The van der Waals surface area contributed by atoms with Crippen molar-refractivity contribution in [3.8, 4) is 17.1 Å². The van der Waals surface area contributed by atoms with Crippen LogP contribution in [0.15, 0.2) is 41.6 Å². The number of rotatable bonds is 6. The van der Waals surface area contributed by atoms with Gasteiger partial charge in [0.1, 0.15) is 5.75 Å². The lowest BCUT2D eigenvalue weighted by atomic mass is 10.2. The lowest BCUT2D eigenvalue weighted by Crippen LogP contribution is -2.17. The second-order valence-electron chi connectivity index (χ2n) is 5.83. The number of thioether (sulfide) groups is 1. The van der Waals surface area contributed by atoms with Crippen molar-refractivity contribution in [2.45, 2.75) is 12.1 Å². The first-order valence-corrected chi connectivity index (χ1v) is 9.86. The smallest absolute Gasteiger partial charge is 0.234 e. The quantitative estimate of drug-likeness (QED) is 0.446. The van der Waals surface area contributed by atoms with Crippen molar-refractivity contribution in [2.75, 3.05) is 24.0 Å². The summed E-state index contributed by atoms with van der Waals surface area (Å²) in [5.41, 5.74) is 2.11. The lowest BCUT2D eigenvalue weighted by molar-refractivity contribution is -0.113. The molecule has 0 saturated heterocycles. The zero-order valence-corrected chi connectivity index (χ0v) is 17.4. The predicted molar refractivity (Wildman–Crippen MR) is 113 cm³/mol. The van der Waals surface area contributed by atoms with E-state index in [-0.39, 0.29) is 11.7 Å². The van der Waals surface area contributed by atoms with Crippen molar-refractivity contribution in [1.29, 1.82) is 0 Å². The molecule has 3 rings (SSSR count). The van der Waals surface area contributed by atoms with E-state index in [2.05, 4.69) is 15.5 Å². The second kappa shape index (κ2) is 8.72. The summed E-state index contributed by atoms with van der Waals surface area (Å²) in [5, 5.41) is 12.5. The van der Waals surface area contributed by atoms with E-state index in [1.165, 1.54) is 23.5 Å². The molecule has 0 aliphatic heterocycles. The number of carbonyl (C=O) groups is 1. The van der Waals surface area contributed by atoms with Crippen LogP contribution in [0, 0.1) is 6.92 Å². The minimum atomic E-state index is -0.239. The minimum absolute atomic E-state index is 0.0930. The fourth-order valence-electron chi connectivity index (χ4n) is 2.45. The Kier molecular flexibility index (Phi) is 6.33. The normalized spacial score (nSPS) is 10.7. The maximum atomic E-state index is 12.3. The number of benzene rings is 2. The van der Waals surface area contributed by atoms with Gasteiger partial charge in [0.05, 0.1) is 18.6 Å². The summed E-state index contributed by atoms with van der Waals surface area (Å²) in [6.45, 7) is 1.85. The first-order chi connectivity index (χ1) is 13.4. The molecule has 0 aliphatic carbocycles. The van der Waals surface area contributed by atoms with Gasteiger partial charge in [-0.15, -0.1) is 10.2 Å². The number of nitrogens with one attached hydrogen (secondary N) is 1. The highest BCUT2D eigenvalue weighted by atomic mass is 35.5. The number of anilines is 1. The Labute approximate surface area is 176 Å². The van der Waals surface area contributed by atoms with Crippen LogP contribution in [0.4, 0.5) is 5.69 Å². The first-order valence-electron chi connectivity index (χ1n) is 8.12. The highest BCUT2D eigenvalue weighted by Crippen LogP contribution is 2.31. The van der Waals surface area contributed by atoms with Crippen molar-refractivity contribution in [3.05, 3.63) is 52.0 Å². The van der Waals surface area contributed by atoms with Gasteiger partial charge in [-0.05, 0) is 30.7 Å². The van der Waals surface area contributed by atoms with Crippen LogP contribution >= 0.6 is 35.0 Å². The van der Waals surface area contributed by atoms with Gasteiger partial charge in [-0.25, -0.2) is 4.68 Å². The largest absolute Gasteiger partial charge is 0.495 e. The average Bonchev–Trinajstić information content (AvgIpc) is 3.03. The molecule has 0 saturated carbocycles. The van der Waals surface area contributed by atoms with Crippen molar-refractivity contribution in [3.63, 3.8) is 0 Å². The maximum absolute atomic E-state index is 12.3. The summed E-state index contributed by atoms with van der Waals surface area (Å²) < 4.78 is 6.59. The van der Waals surface area contributed by atoms with Crippen LogP contribution in [-0.4, -0.2) is 33.6 Å². The maximum Gasteiger partial charge on any atom is 0.234 e. The summed E-state index contributed by atoms with van der Waals surface area (Å²) in [6, 6.07) is 10.5. The standard InChI is InChI=1S/C18H17Cl2N5O2S/c1-10-6-14(15(27-2)8-13(10)20)22-16(26)9-28-18-24-23-17(25(18)21)11-4-3-5-12(19)7-11/h3-8H,9,21H2,1-2H3,(H,22,26). The zero-order valence-electron chi connectivity index (χ0n) is 15.1. The van der Waals surface area contributed by atoms with Crippen LogP contribution in [-0.2, 0) is 4.79 Å². The van der Waals surface area contributed by atoms with E-state index in [4.69, 9.17) is 33.8 Å². The second-order valence-corrected chi connectivity index (χ2v) is 7.61. The molecule has 0 unspecified atom stereocenters. The molecule has 2 aromatic carbocycles. The summed E-state index contributed by atoms with van der Waals surface area (Å²) >= 11 is 13.3. The average molecular weight is 438 g/mol. The van der Waals surface area contributed by atoms with Crippen molar-refractivity contribution in [2.24, 2.45) is 0 Å². The number of aromatic nitrogens is 3. The Morgan fingerprint density at radius 1 is 1.29 bits per heavy atom. The summed E-state index contributed by atoms with van der Waals surface area (Å²) in [7, 11) is 1.51. The van der Waals surface area contributed by atoms with Gasteiger partial charge < -0.3 is 15.9 Å². The fourth-order valence-corrected chi connectivity index (χ4v) is 3.45. The predicted octanol–water partition coefficient (Wildman–Crippen LogP) is 4.01. The number of aryl methyl sites for hydroxylation is 1. The molecule has 10 heteroatoms. The van der Waals surface area contributed by atoms with Gasteiger partial charge in [0, 0.05) is 21.7 Å². The van der Waals surface area contributed by atoms with E-state index < -0.39 is 0 Å². The summed E-state index contributed by atoms with van der Waals surface area (Å²) in [6.07, 6.45) is 0. The highest BCUT2D eigenvalue weighted by molar-refractivity contribution is 7.99. The van der Waals surface area contributed by atoms with Crippen LogP contribution in [0.5, 0.6) is 5.75 Å². The molecule has 0 spiro atoms. The molecule has 28 heavy (non-hydrogen) atoms. The summed E-state index contributed by atoms with van der Waals surface area (Å²) in [4.78, 5) is 12.3. The number of carbonyl (C=O) groups excluding carboxylic acids is 1. The van der Waals surface area contributed by atoms with Crippen LogP contribution in [0.3, 0.4) is 0 Å². The Bertz CT molecular complexity index is 1030. The number of methoxy groups -OCH3 is 1. The number of amides is 1. The zero-order chi connectivity index (χ0) is 20.3. The first kappa shape index (κ1) is 20.3. The topological polar surface area (TPSA) is 95.1 Å². The van der Waals surface area contributed by atoms with Gasteiger partial charge >= 0.3 is 0 Å². The van der Waals surface area contributed by atoms with E-state index in [9.17, 15) is 4.79 Å². The monoisotopic (exact) mass is 437 g/mol. The fraction of sp³-hybridized carbons (Fsp3) is 0.167. The van der Waals surface area contributed by atoms with Gasteiger partial charge in [-0.2, -0.15) is 0 Å². The molecule has 0 aliphatic rings. The molecule has 146 valence electrons. The lowest BCUT2D eigenvalue weighted by Gasteiger charge is -2.12. The Morgan fingerprint density at radius 3 is 2.79 bits per heavy atom. The van der Waals surface area contributed by atoms with E-state index in [1.54, 1.807) is 30.3 Å². The Hall–Kier alpha value is -2.42. The number of ether oxygens (including phenoxy) is 1. The third kappa shape index (κ3) is 4.52. The van der Waals surface area contributed by atoms with Crippen LogP contribution in [0.2, 0.25) is 10.0 Å². The van der Waals surface area contributed by atoms with Gasteiger partial charge in [0.25, 0.3) is 0 Å². The highest BCUT2D eigenvalue weighted by Gasteiger charge is 2.15. The van der Waals surface area contributed by atoms with Crippen molar-refractivity contribution in [1.82, 2.24) is 14.9 Å². The third-order valence-electron chi connectivity index (χ3n) is 3.83. The number of hydrogen-bond acceptors (Lipinski definition) is 6. The van der Waals surface area contributed by atoms with Crippen LogP contribution < -0.4 is 15.9 Å². The molecule has 3 N–H and O–H groups in total. The number of nitrogens with two attached hydrogens (primary N) is 1. The molecule has 7 nitrogen and oxygen atoms in total. The molecule has 0 radical (unpaired) electrons. The van der Waals surface area contributed by atoms with Crippen LogP contribution in [0.25, 0.3) is 11.4 Å². The Morgan fingerprint density at radius 2 is 2.07 bits per heavy atom. The van der Waals surface area contributed by atoms with Crippen molar-refractivity contribution >= 4 is 46.6 Å². The minimum Gasteiger partial charge on any atom is -0.495 e. The van der Waals surface area contributed by atoms with Gasteiger partial charge in [0.15, 0.2) is 5.82 Å². The molecule has 3 aromatic rings. The van der Waals surface area contributed by atoms with Crippen LogP contribution in [0.1, 0.15) is 5.56 Å². The molecule has 0 atom stereocenters. The number of nitrogen functional groups attached to an aromatic ring is 1. The molecule has 1 heterocycles. The third-order valence-corrected chi connectivity index (χ3v) is 5.42. The van der Waals surface area contributed by atoms with E-state index >= 15 is 0 Å². The van der Waals surface area contributed by atoms with Gasteiger partial charge in [0.2, 0.25) is 11.1 Å². The SMILES string of the molecule is COc1cc(Cl)c(C)cc1NC(=O)CSc1nnc(-c2cccc(Cl)c2)n1N. The van der Waals surface area contributed by atoms with Gasteiger partial charge in [-0.3, -0.25) is 4.79 Å². The number of hydrogen-bond donors (Lipinski definition) is 2. The van der Waals surface area contributed by atoms with E-state index in [0.717, 1.165) is 11.1 Å². The molecule has 0 bridgehead atoms. The van der Waals surface area contributed by atoms with Crippen molar-refractivity contribution < 1.29 is 9.53 Å². The Balaban J connectivity index is 1.68. The summed E-state index contributed by atoms with van der Waals surface area (Å²) in [5.74, 6) is 6.87. The number of halogens is 2. The molecule has 1 amide bonds. The molecular weight excluding hydrogens is 421 g/mol. The molecule has 1 aromatic heterocycles. The van der Waals surface area contributed by atoms with E-state index in [0.29, 0.717) is 32.5 Å². The molecular formula is C18H17Cl2N5O2S. The van der Waals surface area contributed by atoms with E-state index in [1.807, 2.05) is 13.0 Å².